The molecule has 3 rings (SSSR count). The van der Waals surface area contributed by atoms with Crippen molar-refractivity contribution in [3.05, 3.63) is 42.4 Å². The second-order valence-electron chi connectivity index (χ2n) is 5.17. The Bertz CT molecular complexity index is 594. The van der Waals surface area contributed by atoms with Gasteiger partial charge in [-0.2, -0.15) is 4.98 Å². The lowest BCUT2D eigenvalue weighted by atomic mass is 10.1. The second kappa shape index (κ2) is 7.17. The van der Waals surface area contributed by atoms with Crippen LogP contribution in [0.4, 0.5) is 5.95 Å². The number of nitrogens with zero attached hydrogens (tertiary/aromatic N) is 4. The largest absolute Gasteiger partial charge is 0.475 e. The Morgan fingerprint density at radius 1 is 1.27 bits per heavy atom. The van der Waals surface area contributed by atoms with E-state index in [0.29, 0.717) is 25.0 Å². The van der Waals surface area contributed by atoms with Crippen LogP contribution in [0.25, 0.3) is 0 Å². The number of methoxy groups -OCH3 is 1. The predicted molar refractivity (Wildman–Crippen MR) is 83.0 cm³/mol. The van der Waals surface area contributed by atoms with Gasteiger partial charge in [0.2, 0.25) is 11.8 Å². The van der Waals surface area contributed by atoms with Crippen molar-refractivity contribution in [3.8, 4) is 5.88 Å². The highest BCUT2D eigenvalue weighted by Gasteiger charge is 2.28. The molecule has 6 heteroatoms. The summed E-state index contributed by atoms with van der Waals surface area (Å²) in [4.78, 5) is 15.4. The van der Waals surface area contributed by atoms with E-state index in [-0.39, 0.29) is 6.04 Å². The van der Waals surface area contributed by atoms with Crippen LogP contribution >= 0.6 is 0 Å². The van der Waals surface area contributed by atoms with Gasteiger partial charge < -0.3 is 14.4 Å². The summed E-state index contributed by atoms with van der Waals surface area (Å²) in [7, 11) is 1.65. The van der Waals surface area contributed by atoms with E-state index in [1.807, 2.05) is 12.3 Å². The van der Waals surface area contributed by atoms with Crippen molar-refractivity contribution in [2.45, 2.75) is 18.9 Å². The third-order valence-corrected chi connectivity index (χ3v) is 3.73. The summed E-state index contributed by atoms with van der Waals surface area (Å²) in [5, 5.41) is 0. The zero-order valence-electron chi connectivity index (χ0n) is 12.7. The first-order valence-corrected chi connectivity index (χ1v) is 7.50. The maximum absolute atomic E-state index is 5.57. The highest BCUT2D eigenvalue weighted by atomic mass is 16.5. The molecule has 0 saturated carbocycles. The number of anilines is 1. The van der Waals surface area contributed by atoms with Crippen molar-refractivity contribution >= 4 is 5.95 Å². The van der Waals surface area contributed by atoms with Crippen molar-refractivity contribution < 1.29 is 9.47 Å². The minimum Gasteiger partial charge on any atom is -0.475 e. The van der Waals surface area contributed by atoms with Crippen LogP contribution in [-0.2, 0) is 4.74 Å². The summed E-state index contributed by atoms with van der Waals surface area (Å²) in [6, 6.07) is 6.13. The number of ether oxygens (including phenoxy) is 2. The summed E-state index contributed by atoms with van der Waals surface area (Å²) in [5.41, 5.74) is 1.20. The van der Waals surface area contributed by atoms with Gasteiger partial charge in [0, 0.05) is 38.3 Å². The molecule has 2 aromatic rings. The Kier molecular flexibility index (Phi) is 4.80. The number of aromatic nitrogens is 3. The van der Waals surface area contributed by atoms with E-state index < -0.39 is 0 Å². The average Bonchev–Trinajstić information content (AvgIpc) is 3.06. The van der Waals surface area contributed by atoms with Crippen LogP contribution in [0.3, 0.4) is 0 Å². The molecule has 0 N–H and O–H groups in total. The van der Waals surface area contributed by atoms with E-state index in [1.54, 1.807) is 25.6 Å². The van der Waals surface area contributed by atoms with Crippen LogP contribution in [0.5, 0.6) is 5.88 Å². The lowest BCUT2D eigenvalue weighted by Gasteiger charge is -2.24. The molecule has 0 bridgehead atoms. The number of hydrogen-bond acceptors (Lipinski definition) is 6. The molecule has 0 amide bonds. The molecule has 1 atom stereocenters. The molecule has 0 aliphatic carbocycles. The SMILES string of the molecule is COCCOc1ccnc(N2CCCC2c2cccnc2)n1. The van der Waals surface area contributed by atoms with E-state index >= 15 is 0 Å². The molecule has 1 fully saturated rings. The van der Waals surface area contributed by atoms with Crippen molar-refractivity contribution in [1.29, 1.82) is 0 Å². The lowest BCUT2D eigenvalue weighted by molar-refractivity contribution is 0.143. The lowest BCUT2D eigenvalue weighted by Crippen LogP contribution is -2.24. The van der Waals surface area contributed by atoms with Crippen LogP contribution in [0.15, 0.2) is 36.8 Å². The minimum absolute atomic E-state index is 0.280. The van der Waals surface area contributed by atoms with Crippen molar-refractivity contribution in [3.63, 3.8) is 0 Å². The molecule has 1 aliphatic rings. The number of rotatable bonds is 6. The van der Waals surface area contributed by atoms with Gasteiger partial charge in [-0.3, -0.25) is 4.98 Å². The summed E-state index contributed by atoms with van der Waals surface area (Å²) < 4.78 is 10.6. The summed E-state index contributed by atoms with van der Waals surface area (Å²) in [6.07, 6.45) is 7.66. The zero-order chi connectivity index (χ0) is 15.2. The highest BCUT2D eigenvalue weighted by Crippen LogP contribution is 2.34. The van der Waals surface area contributed by atoms with Crippen LogP contribution in [-0.4, -0.2) is 41.8 Å². The van der Waals surface area contributed by atoms with Crippen molar-refractivity contribution in [2.75, 3.05) is 31.8 Å². The number of hydrogen-bond donors (Lipinski definition) is 0. The Morgan fingerprint density at radius 2 is 2.23 bits per heavy atom. The normalized spacial score (nSPS) is 17.7. The van der Waals surface area contributed by atoms with Crippen LogP contribution in [0.1, 0.15) is 24.4 Å². The predicted octanol–water partition coefficient (Wildman–Crippen LogP) is 2.24. The maximum Gasteiger partial charge on any atom is 0.229 e. The second-order valence-corrected chi connectivity index (χ2v) is 5.17. The summed E-state index contributed by atoms with van der Waals surface area (Å²) in [6.45, 7) is 1.97. The molecule has 0 spiro atoms. The van der Waals surface area contributed by atoms with E-state index in [9.17, 15) is 0 Å². The maximum atomic E-state index is 5.57. The molecular weight excluding hydrogens is 280 g/mol. The monoisotopic (exact) mass is 300 g/mol. The average molecular weight is 300 g/mol. The molecule has 3 heterocycles. The molecule has 2 aromatic heterocycles. The molecule has 116 valence electrons. The molecule has 1 aliphatic heterocycles. The number of pyridine rings is 1. The van der Waals surface area contributed by atoms with Crippen molar-refractivity contribution in [1.82, 2.24) is 15.0 Å². The first-order chi connectivity index (χ1) is 10.9. The quantitative estimate of drug-likeness (QED) is 0.763. The fraction of sp³-hybridized carbons (Fsp3) is 0.438. The molecule has 1 unspecified atom stereocenters. The van der Waals surface area contributed by atoms with Crippen LogP contribution in [0.2, 0.25) is 0 Å². The topological polar surface area (TPSA) is 60.4 Å². The molecular formula is C16H20N4O2. The van der Waals surface area contributed by atoms with Gasteiger partial charge in [0.05, 0.1) is 12.6 Å². The van der Waals surface area contributed by atoms with Crippen LogP contribution in [0, 0.1) is 0 Å². The fourth-order valence-electron chi connectivity index (χ4n) is 2.71. The van der Waals surface area contributed by atoms with Crippen LogP contribution < -0.4 is 9.64 Å². The first-order valence-electron chi connectivity index (χ1n) is 7.50. The van der Waals surface area contributed by atoms with E-state index in [2.05, 4.69) is 25.9 Å². The Balaban J connectivity index is 1.76. The van der Waals surface area contributed by atoms with Gasteiger partial charge in [-0.25, -0.2) is 4.98 Å². The summed E-state index contributed by atoms with van der Waals surface area (Å²) >= 11 is 0. The van der Waals surface area contributed by atoms with Gasteiger partial charge in [-0.05, 0) is 24.5 Å². The third-order valence-electron chi connectivity index (χ3n) is 3.73. The van der Waals surface area contributed by atoms with Gasteiger partial charge in [0.15, 0.2) is 0 Å². The third kappa shape index (κ3) is 3.33. The smallest absolute Gasteiger partial charge is 0.229 e. The Hall–Kier alpha value is -2.21. The fourth-order valence-corrected chi connectivity index (χ4v) is 2.71. The highest BCUT2D eigenvalue weighted by molar-refractivity contribution is 5.38. The van der Waals surface area contributed by atoms with Gasteiger partial charge in [-0.1, -0.05) is 6.07 Å². The molecule has 0 aromatic carbocycles. The van der Waals surface area contributed by atoms with Gasteiger partial charge in [0.1, 0.15) is 6.61 Å². The molecule has 0 radical (unpaired) electrons. The summed E-state index contributed by atoms with van der Waals surface area (Å²) in [5.74, 6) is 1.29. The first kappa shape index (κ1) is 14.7. The Morgan fingerprint density at radius 3 is 3.05 bits per heavy atom. The standard InChI is InChI=1S/C16H20N4O2/c1-21-10-11-22-15-6-8-18-16(19-15)20-9-3-5-14(20)13-4-2-7-17-12-13/h2,4,6-8,12,14H,3,5,9-11H2,1H3. The van der Waals surface area contributed by atoms with Crippen molar-refractivity contribution in [2.24, 2.45) is 0 Å². The minimum atomic E-state index is 0.280. The van der Waals surface area contributed by atoms with Gasteiger partial charge in [0.25, 0.3) is 0 Å². The molecule has 1 saturated heterocycles. The van der Waals surface area contributed by atoms with E-state index in [1.165, 1.54) is 5.56 Å². The molecule has 22 heavy (non-hydrogen) atoms. The van der Waals surface area contributed by atoms with Gasteiger partial charge >= 0.3 is 0 Å². The van der Waals surface area contributed by atoms with E-state index in [0.717, 1.165) is 19.4 Å². The molecule has 6 nitrogen and oxygen atoms in total. The Labute approximate surface area is 130 Å². The van der Waals surface area contributed by atoms with Gasteiger partial charge in [-0.15, -0.1) is 0 Å². The zero-order valence-corrected chi connectivity index (χ0v) is 12.7. The van der Waals surface area contributed by atoms with E-state index in [4.69, 9.17) is 9.47 Å².